The van der Waals surface area contributed by atoms with E-state index in [9.17, 15) is 0 Å². The van der Waals surface area contributed by atoms with E-state index in [0.29, 0.717) is 19.1 Å². The van der Waals surface area contributed by atoms with Gasteiger partial charge in [0.2, 0.25) is 0 Å². The molecule has 7 heteroatoms. The Labute approximate surface area is 176 Å². The summed E-state index contributed by atoms with van der Waals surface area (Å²) in [7, 11) is 3.74. The lowest BCUT2D eigenvalue weighted by atomic mass is 9.95. The number of benzene rings is 1. The van der Waals surface area contributed by atoms with E-state index in [-0.39, 0.29) is 6.61 Å². The largest absolute Gasteiger partial charge is 0.495 e. The minimum absolute atomic E-state index is 0.149. The number of fused-ring (bicyclic) bond motifs is 1. The topological polar surface area (TPSA) is 63.4 Å². The summed E-state index contributed by atoms with van der Waals surface area (Å²) in [4.78, 5) is 6.92. The summed E-state index contributed by atoms with van der Waals surface area (Å²) < 4.78 is 13.0. The predicted octanol–water partition coefficient (Wildman–Crippen LogP) is 4.41. The smallest absolute Gasteiger partial charge is 0.175 e. The first-order valence-corrected chi connectivity index (χ1v) is 11.2. The zero-order valence-corrected chi connectivity index (χ0v) is 18.3. The Kier molecular flexibility index (Phi) is 6.18. The fourth-order valence-electron chi connectivity index (χ4n) is 4.60. The van der Waals surface area contributed by atoms with Gasteiger partial charge in [-0.1, -0.05) is 31.4 Å². The van der Waals surface area contributed by atoms with E-state index >= 15 is 0 Å². The Bertz CT molecular complexity index is 975. The number of aliphatic hydroxyl groups is 1. The number of aliphatic hydroxyl groups excluding tert-OH is 1. The lowest BCUT2D eigenvalue weighted by Gasteiger charge is -2.26. The summed E-state index contributed by atoms with van der Waals surface area (Å²) in [5.41, 5.74) is 3.52. The van der Waals surface area contributed by atoms with E-state index in [1.165, 1.54) is 60.2 Å². The molecule has 2 aromatic heterocycles. The van der Waals surface area contributed by atoms with Crippen LogP contribution in [0.5, 0.6) is 5.75 Å². The molecule has 4 rings (SSSR count). The van der Waals surface area contributed by atoms with Crippen molar-refractivity contribution in [1.29, 1.82) is 0 Å². The fraction of sp³-hybridized carbons (Fsp3) is 0.545. The van der Waals surface area contributed by atoms with Crippen LogP contribution in [0.15, 0.2) is 18.2 Å². The first kappa shape index (κ1) is 20.3. The number of aromatic nitrogens is 3. The summed E-state index contributed by atoms with van der Waals surface area (Å²) in [6.45, 7) is 3.67. The van der Waals surface area contributed by atoms with Crippen molar-refractivity contribution >= 4 is 22.4 Å². The van der Waals surface area contributed by atoms with Gasteiger partial charge in [-0.05, 0) is 44.4 Å². The van der Waals surface area contributed by atoms with Crippen LogP contribution in [-0.2, 0) is 6.54 Å². The average Bonchev–Trinajstić information content (AvgIpc) is 3.29. The molecule has 29 heavy (non-hydrogen) atoms. The maximum absolute atomic E-state index is 9.14. The molecule has 0 amide bonds. The van der Waals surface area contributed by atoms with Gasteiger partial charge in [-0.25, -0.2) is 4.98 Å². The number of ether oxygens (including phenoxy) is 1. The highest BCUT2D eigenvalue weighted by atomic mass is 32.1. The number of likely N-dealkylation sites (N-methyl/N-ethyl adjacent to an activating group) is 1. The Morgan fingerprint density at radius 1 is 1.28 bits per heavy atom. The van der Waals surface area contributed by atoms with Gasteiger partial charge < -0.3 is 14.4 Å². The minimum atomic E-state index is 0.149. The molecule has 0 spiro atoms. The van der Waals surface area contributed by atoms with Gasteiger partial charge in [-0.2, -0.15) is 4.37 Å². The molecule has 0 radical (unpaired) electrons. The highest BCUT2D eigenvalue weighted by Crippen LogP contribution is 2.42. The molecule has 3 aromatic rings. The van der Waals surface area contributed by atoms with E-state index in [4.69, 9.17) is 19.2 Å². The molecule has 1 saturated carbocycles. The lowest BCUT2D eigenvalue weighted by Crippen LogP contribution is -2.21. The zero-order chi connectivity index (χ0) is 20.4. The molecule has 6 nitrogen and oxygen atoms in total. The second-order valence-corrected chi connectivity index (χ2v) is 8.79. The molecule has 1 aliphatic carbocycles. The number of para-hydroxylation sites is 1. The van der Waals surface area contributed by atoms with Crippen molar-refractivity contribution < 1.29 is 9.84 Å². The van der Waals surface area contributed by atoms with Crippen LogP contribution in [-0.4, -0.2) is 51.2 Å². The van der Waals surface area contributed by atoms with Gasteiger partial charge in [0.1, 0.15) is 10.8 Å². The molecule has 0 unspecified atom stereocenters. The summed E-state index contributed by atoms with van der Waals surface area (Å²) in [6.07, 6.45) is 6.32. The third-order valence-electron chi connectivity index (χ3n) is 5.97. The van der Waals surface area contributed by atoms with Gasteiger partial charge in [0.05, 0.1) is 25.8 Å². The number of hydrogen-bond acceptors (Lipinski definition) is 6. The molecule has 1 aliphatic rings. The van der Waals surface area contributed by atoms with Crippen molar-refractivity contribution in [2.24, 2.45) is 0 Å². The highest BCUT2D eigenvalue weighted by Gasteiger charge is 2.26. The Hall–Kier alpha value is -1.96. The maximum Gasteiger partial charge on any atom is 0.175 e. The molecular formula is C22H30N4O2S. The SMILES string of the molecule is COc1cccc2c(-c3nsc(CN(C)CCO)n3)c(C)n(C3CCCCC3)c12. The van der Waals surface area contributed by atoms with E-state index in [1.54, 1.807) is 7.11 Å². The fourth-order valence-corrected chi connectivity index (χ4v) is 5.33. The van der Waals surface area contributed by atoms with Gasteiger partial charge in [0, 0.05) is 29.2 Å². The van der Waals surface area contributed by atoms with Crippen molar-refractivity contribution in [3.05, 3.63) is 28.9 Å². The molecule has 1 aromatic carbocycles. The number of hydrogen-bond donors (Lipinski definition) is 1. The van der Waals surface area contributed by atoms with Crippen molar-refractivity contribution in [2.75, 3.05) is 27.3 Å². The van der Waals surface area contributed by atoms with Gasteiger partial charge >= 0.3 is 0 Å². The average molecular weight is 415 g/mol. The number of nitrogens with zero attached hydrogens (tertiary/aromatic N) is 4. The predicted molar refractivity (Wildman–Crippen MR) is 118 cm³/mol. The molecule has 0 atom stereocenters. The van der Waals surface area contributed by atoms with Gasteiger partial charge in [0.25, 0.3) is 0 Å². The molecule has 2 heterocycles. The van der Waals surface area contributed by atoms with Gasteiger partial charge in [0.15, 0.2) is 5.82 Å². The van der Waals surface area contributed by atoms with Crippen LogP contribution in [0.25, 0.3) is 22.3 Å². The number of rotatable bonds is 7. The van der Waals surface area contributed by atoms with Crippen LogP contribution in [0, 0.1) is 6.92 Å². The summed E-state index contributed by atoms with van der Waals surface area (Å²) in [5.74, 6) is 1.72. The summed E-state index contributed by atoms with van der Waals surface area (Å²) in [5, 5.41) is 11.3. The van der Waals surface area contributed by atoms with Gasteiger partial charge in [-0.3, -0.25) is 4.90 Å². The zero-order valence-electron chi connectivity index (χ0n) is 17.5. The van der Waals surface area contributed by atoms with Crippen LogP contribution in [0.3, 0.4) is 0 Å². The Morgan fingerprint density at radius 3 is 2.79 bits per heavy atom. The summed E-state index contributed by atoms with van der Waals surface area (Å²) in [6, 6.07) is 6.77. The van der Waals surface area contributed by atoms with Crippen LogP contribution >= 0.6 is 11.5 Å². The van der Waals surface area contributed by atoms with Crippen LogP contribution in [0.2, 0.25) is 0 Å². The van der Waals surface area contributed by atoms with Crippen LogP contribution in [0.1, 0.15) is 48.8 Å². The van der Waals surface area contributed by atoms with Crippen molar-refractivity contribution in [1.82, 2.24) is 18.8 Å². The molecule has 0 saturated heterocycles. The first-order valence-electron chi connectivity index (χ1n) is 10.4. The first-order chi connectivity index (χ1) is 14.1. The lowest BCUT2D eigenvalue weighted by molar-refractivity contribution is 0.217. The monoisotopic (exact) mass is 414 g/mol. The molecule has 0 aliphatic heterocycles. The van der Waals surface area contributed by atoms with E-state index in [2.05, 4.69) is 34.6 Å². The van der Waals surface area contributed by atoms with E-state index in [0.717, 1.165) is 22.1 Å². The molecule has 0 bridgehead atoms. The summed E-state index contributed by atoms with van der Waals surface area (Å²) >= 11 is 1.45. The van der Waals surface area contributed by atoms with Crippen molar-refractivity contribution in [3.8, 4) is 17.1 Å². The third kappa shape index (κ3) is 3.91. The Balaban J connectivity index is 1.81. The molecule has 1 fully saturated rings. The van der Waals surface area contributed by atoms with Crippen molar-refractivity contribution in [3.63, 3.8) is 0 Å². The highest BCUT2D eigenvalue weighted by molar-refractivity contribution is 7.05. The van der Waals surface area contributed by atoms with Gasteiger partial charge in [-0.15, -0.1) is 0 Å². The second-order valence-electron chi connectivity index (χ2n) is 7.95. The molecular weight excluding hydrogens is 384 g/mol. The van der Waals surface area contributed by atoms with Crippen LogP contribution < -0.4 is 4.74 Å². The third-order valence-corrected chi connectivity index (χ3v) is 6.67. The second kappa shape index (κ2) is 8.81. The molecule has 1 N–H and O–H groups in total. The molecule has 156 valence electrons. The standard InChI is InChI=1S/C22H30N4O2S/c1-15-20(22-23-19(29-24-22)14-25(2)12-13-27)17-10-7-11-18(28-3)21(17)26(15)16-8-5-4-6-9-16/h7,10-11,16,27H,4-6,8-9,12-14H2,1-3H3. The van der Waals surface area contributed by atoms with Crippen molar-refractivity contribution in [2.45, 2.75) is 51.6 Å². The quantitative estimate of drug-likeness (QED) is 0.621. The Morgan fingerprint density at radius 2 is 2.07 bits per heavy atom. The maximum atomic E-state index is 9.14. The number of methoxy groups -OCH3 is 1. The minimum Gasteiger partial charge on any atom is -0.495 e. The van der Waals surface area contributed by atoms with Crippen LogP contribution in [0.4, 0.5) is 0 Å². The van der Waals surface area contributed by atoms with E-state index < -0.39 is 0 Å². The normalized spacial score (nSPS) is 15.5. The van der Waals surface area contributed by atoms with E-state index in [1.807, 2.05) is 7.05 Å².